The van der Waals surface area contributed by atoms with E-state index in [1.807, 2.05) is 10.6 Å². The molecule has 0 bridgehead atoms. The van der Waals surface area contributed by atoms with Gasteiger partial charge in [0.15, 0.2) is 34.8 Å². The molecule has 1 heterocycles. The Balaban J connectivity index is -0.000000135. The quantitative estimate of drug-likeness (QED) is 0.00997. The molecule has 19 nitrogen and oxygen atoms in total. The Labute approximate surface area is 674 Å². The van der Waals surface area contributed by atoms with Gasteiger partial charge in [-0.05, 0) is 111 Å². The fraction of sp³-hybridized carbons (Fsp3) is 0.308. The maximum absolute atomic E-state index is 13.5. The molecule has 0 aromatic heterocycles. The molecule has 631 valence electrons. The van der Waals surface area contributed by atoms with Gasteiger partial charge in [0.05, 0.1) is 86.0 Å². The van der Waals surface area contributed by atoms with Gasteiger partial charge in [-0.3, -0.25) is 28.0 Å². The molecule has 11 N–H and O–H groups in total. The number of esters is 2. The number of hydrogen-bond acceptors (Lipinski definition) is 17. The van der Waals surface area contributed by atoms with Crippen LogP contribution < -0.4 is 27.8 Å². The maximum Gasteiger partial charge on any atom is 1.00 e. The van der Waals surface area contributed by atoms with Crippen LogP contribution in [0.1, 0.15) is 110 Å². The minimum Gasteiger partial charge on any atom is -0.512 e. The summed E-state index contributed by atoms with van der Waals surface area (Å²) in [7, 11) is 2.34. The maximum atomic E-state index is 13.5. The Kier molecular flexibility index (Phi) is 66.5. The summed E-state index contributed by atoms with van der Waals surface area (Å²) in [6, 6.07) is 15.9. The van der Waals surface area contributed by atoms with Crippen molar-refractivity contribution in [3.05, 3.63) is 185 Å². The number of rotatable bonds is 3. The molecular weight excluding hydrogens is 1800 g/mol. The molecule has 1 aliphatic heterocycles. The van der Waals surface area contributed by atoms with E-state index in [0.29, 0.717) is 17.3 Å². The molecule has 0 unspecified atom stereocenters. The fourth-order valence-electron chi connectivity index (χ4n) is 6.52. The zero-order chi connectivity index (χ0) is 88.3. The Bertz CT molecular complexity index is 4150. The normalized spacial score (nSPS) is 10.4. The van der Waals surface area contributed by atoms with Crippen LogP contribution in [0.5, 0.6) is 0 Å². The number of aliphatic hydroxyl groups excluding tert-OH is 1. The molecule has 1 fully saturated rings. The second-order valence-electron chi connectivity index (χ2n) is 18.3. The summed E-state index contributed by atoms with van der Waals surface area (Å²) in [5.74, 6) is -10.6. The average molecular weight is 1870 g/mol. The third kappa shape index (κ3) is 48.9. The van der Waals surface area contributed by atoms with Crippen molar-refractivity contribution in [1.29, 1.82) is 15.8 Å². The first kappa shape index (κ1) is 119. The number of halogens is 25. The number of aliphatic hydroxyl groups is 1. The summed E-state index contributed by atoms with van der Waals surface area (Å²) in [6.07, 6.45) is -21.6. The summed E-state index contributed by atoms with van der Waals surface area (Å²) in [6.45, 7) is 21.4. The number of amides is 2. The van der Waals surface area contributed by atoms with Gasteiger partial charge in [0.1, 0.15) is 33.8 Å². The van der Waals surface area contributed by atoms with E-state index < -0.39 is 176 Å². The number of nitrogens with zero attached hydrogens (tertiary/aromatic N) is 6. The topological polar surface area (TPSA) is 341 Å². The number of alkyl halides is 17. The number of anilines is 5. The molecule has 6 aromatic carbocycles. The Morgan fingerprint density at radius 3 is 1.24 bits per heavy atom. The van der Waals surface area contributed by atoms with E-state index in [0.717, 1.165) is 87.7 Å². The number of nitrogens with one attached hydrogen (secondary N) is 2. The van der Waals surface area contributed by atoms with Crippen molar-refractivity contribution in [2.75, 3.05) is 62.0 Å². The zero-order valence-electron chi connectivity index (χ0n) is 59.0. The van der Waals surface area contributed by atoms with Crippen molar-refractivity contribution < 1.29 is 160 Å². The minimum absolute atomic E-state index is 0. The number of carbonyl (C=O) groups excluding carboxylic acids is 4. The minimum atomic E-state index is -5.00. The van der Waals surface area contributed by atoms with E-state index in [4.69, 9.17) is 58.7 Å². The van der Waals surface area contributed by atoms with Gasteiger partial charge in [0.25, 0.3) is 0 Å². The molecule has 1 saturated heterocycles. The first-order chi connectivity index (χ1) is 51.1. The van der Waals surface area contributed by atoms with Crippen molar-refractivity contribution in [2.45, 2.75) is 100 Å². The molecule has 7 rings (SSSR count). The Morgan fingerprint density at radius 1 is 0.628 bits per heavy atom. The van der Waals surface area contributed by atoms with Crippen LogP contribution in [0.2, 0.25) is 0 Å². The van der Waals surface area contributed by atoms with E-state index in [1.54, 1.807) is 6.92 Å². The third-order valence-electron chi connectivity index (χ3n) is 10.6. The number of thiol groups is 1. The monoisotopic (exact) mass is 1860 g/mol. The van der Waals surface area contributed by atoms with Gasteiger partial charge in [-0.2, -0.15) is 81.4 Å². The molecule has 0 atom stereocenters. The van der Waals surface area contributed by atoms with Crippen molar-refractivity contribution in [3.63, 3.8) is 0 Å². The number of nitrogens with two attached hydrogens (primary N) is 3. The van der Waals surface area contributed by atoms with Crippen molar-refractivity contribution in [2.24, 2.45) is 9.29 Å². The Morgan fingerprint density at radius 2 is 0.947 bits per heavy atom. The van der Waals surface area contributed by atoms with E-state index >= 15 is 0 Å². The number of aliphatic imine (C=N–C) groups is 1. The third-order valence-corrected chi connectivity index (χ3v) is 12.0. The standard InChI is InChI=1S/C10H6F4N2O.C9H6BrF4NO.C9H5FN2S.C8H4F4N2.C7H4BrF4N.C7H5F4N.C4H6O3.C4H8O.C2H6O.2CH3F.CN.2CH4.BHNS.Cu.H2O/c1-5(17)16-7-3-2-6(4-15)8(9(7)11)10(12,13)14;1-4(16)15-6-3-2-5(10)7(8(6)11)9(12,13)14;1-6-7(11-2)3-4-8(9(6)10)12-5-13;9-7-5(14)2-1-4(3-13)6(7)8(10,11)12;8-3-1-2-4(13)6(9)5(3)7(10,11)12;8-6-4(7(9,10)11)2-1-3-5(6)12;1-3(5)7-4(2)6;1-2-4-5-3-1;1-2-3;3*1-2;;;1-2-3;;/h2-3H,1H3,(H,16,17);2-3H,1H3,(H,15,16);3-4H,1H3;1-2H,14H2;1-2H,13H2;1-3H,12H2;1-2H3;1-4H2;3H,2H2,1H3;2*1H3;;2*1H4;3H;;1H2/q;;;;;;;;;;;-1;;;;+1;/i;;;;;;;;;2*1D;;;;;;. The summed E-state index contributed by atoms with van der Waals surface area (Å²) < 4.78 is 304. The number of benzene rings is 6. The first-order valence-electron chi connectivity index (χ1n) is 29.0. The molecule has 0 aliphatic carbocycles. The molecular formula is C65H67BBr2CuF23N11O8S2. The van der Waals surface area contributed by atoms with Crippen LogP contribution >= 0.6 is 56.9 Å². The van der Waals surface area contributed by atoms with E-state index in [9.17, 15) is 120 Å². The molecule has 6 aromatic rings. The molecule has 48 heteroatoms. The first-order valence-corrected chi connectivity index (χ1v) is 30.0. The molecule has 2 amide bonds. The van der Waals surface area contributed by atoms with E-state index in [2.05, 4.69) is 88.6 Å². The van der Waals surface area contributed by atoms with E-state index in [-0.39, 0.29) is 54.2 Å². The van der Waals surface area contributed by atoms with Crippen molar-refractivity contribution in [3.8, 4) is 12.1 Å². The van der Waals surface area contributed by atoms with Crippen molar-refractivity contribution >= 4 is 133 Å². The van der Waals surface area contributed by atoms with Gasteiger partial charge in [0, 0.05) is 56.5 Å². The summed E-state index contributed by atoms with van der Waals surface area (Å²) in [5, 5.41) is 36.6. The second-order valence-corrected chi connectivity index (χ2v) is 20.5. The van der Waals surface area contributed by atoms with Crippen LogP contribution in [0.25, 0.3) is 4.85 Å². The number of nitriles is 2. The number of carbonyl (C=O) groups is 4. The van der Waals surface area contributed by atoms with Crippen LogP contribution in [0.4, 0.5) is 141 Å². The smallest absolute Gasteiger partial charge is 0.512 e. The van der Waals surface area contributed by atoms with Crippen LogP contribution in [-0.4, -0.2) is 81.3 Å². The molecule has 0 spiro atoms. The predicted molar refractivity (Wildman–Crippen MR) is 384 cm³/mol. The largest absolute Gasteiger partial charge is 1.00 e. The second kappa shape index (κ2) is 63.0. The Hall–Kier alpha value is -9.48. The van der Waals surface area contributed by atoms with E-state index in [1.165, 1.54) is 57.9 Å². The molecule has 113 heavy (non-hydrogen) atoms. The number of hydrogen-bond donors (Lipinski definition) is 7. The fourth-order valence-corrected chi connectivity index (χ4v) is 7.68. The van der Waals surface area contributed by atoms with Crippen LogP contribution in [0.3, 0.4) is 0 Å². The summed E-state index contributed by atoms with van der Waals surface area (Å²) in [5.41, 5.74) is 3.83. The van der Waals surface area contributed by atoms with Crippen LogP contribution in [0.15, 0.2) is 97.1 Å². The van der Waals surface area contributed by atoms with Crippen LogP contribution in [-0.2, 0) is 76.6 Å². The summed E-state index contributed by atoms with van der Waals surface area (Å²) >= 11 is 12.8. The van der Waals surface area contributed by atoms with Crippen molar-refractivity contribution in [1.82, 2.24) is 0 Å². The number of nitrogen functional groups attached to an aromatic ring is 3. The van der Waals surface area contributed by atoms with Gasteiger partial charge < -0.3 is 59.7 Å². The molecule has 0 saturated carbocycles. The van der Waals surface area contributed by atoms with Gasteiger partial charge in [-0.25, -0.2) is 31.2 Å². The van der Waals surface area contributed by atoms with Gasteiger partial charge in [-0.15, -0.1) is 0 Å². The SMILES string of the molecule is C.C.C1CCOC1.CC(=O)Nc1ccc(Br)c(C(F)(F)F)c1F.CC(=O)Nc1ccc(C#N)c(C(F)(F)F)c1F.CC(=O)OC(C)=O.CCO.N#Cc1ccc(N)c(F)c1C(F)(F)F.Nc1ccc(Br)c(C(F)(F)F)c1F.Nc1cccc(C(F)(F)F)c1F.O.[2H]CF.[2H]CF.[B]=NS.[C-]#N.[C-]#[N+]c1ccc(N=C=S)c(F)c1C.[Cu+]. The number of isothiocyanates is 1. The van der Waals surface area contributed by atoms with Gasteiger partial charge >= 0.3 is 84.6 Å². The molecule has 1 aliphatic rings. The summed E-state index contributed by atoms with van der Waals surface area (Å²) in [4.78, 5) is 47.6. The van der Waals surface area contributed by atoms with Gasteiger partial charge in [-0.1, -0.05) is 58.8 Å². The number of thiocarbonyl (C=S) groups is 1. The van der Waals surface area contributed by atoms with Crippen LogP contribution in [0, 0.1) is 82.9 Å². The van der Waals surface area contributed by atoms with Gasteiger partial charge in [0.2, 0.25) is 11.8 Å². The average Bonchev–Trinajstić information content (AvgIpc) is 1.22. The molecule has 1 radical (unpaired) electrons. The predicted octanol–water partition coefficient (Wildman–Crippen LogP) is 20.4. The number of ether oxygens (including phenoxy) is 2. The zero-order valence-corrected chi connectivity index (χ0v) is 62.8.